The molecule has 0 saturated heterocycles. The first-order chi connectivity index (χ1) is 16.0. The number of benzene rings is 2. The number of phenols is 1. The van der Waals surface area contributed by atoms with Gasteiger partial charge in [0.2, 0.25) is 0 Å². The molecule has 0 saturated carbocycles. The van der Waals surface area contributed by atoms with Crippen LogP contribution < -0.4 is 9.47 Å². The molecule has 0 bridgehead atoms. The van der Waals surface area contributed by atoms with Crippen molar-refractivity contribution in [2.45, 2.75) is 26.8 Å². The van der Waals surface area contributed by atoms with Gasteiger partial charge in [-0.25, -0.2) is 4.79 Å². The van der Waals surface area contributed by atoms with Gasteiger partial charge in [-0.2, -0.15) is 0 Å². The average Bonchev–Trinajstić information content (AvgIpc) is 3.37. The SMILES string of the molecule is CCOC(=O)c1c(-c2c[nH]c3c(O)cccc23)c(C)n2c1-c1cc(OC)c(OC)cc1CC2. The lowest BCUT2D eigenvalue weighted by atomic mass is 9.93. The minimum atomic E-state index is -0.374. The number of aromatic amines is 1. The van der Waals surface area contributed by atoms with Crippen molar-refractivity contribution < 1.29 is 24.1 Å². The predicted molar refractivity (Wildman–Crippen MR) is 126 cm³/mol. The Bertz CT molecular complexity index is 1400. The highest BCUT2D eigenvalue weighted by atomic mass is 16.5. The molecular weight excluding hydrogens is 420 g/mol. The van der Waals surface area contributed by atoms with Crippen LogP contribution in [0.15, 0.2) is 36.5 Å². The second-order valence-electron chi connectivity index (χ2n) is 8.07. The normalized spacial score (nSPS) is 12.4. The van der Waals surface area contributed by atoms with Crippen LogP contribution in [0.5, 0.6) is 17.2 Å². The molecule has 2 N–H and O–H groups in total. The number of aromatic nitrogens is 2. The number of carbonyl (C=O) groups is 1. The van der Waals surface area contributed by atoms with Crippen molar-refractivity contribution in [2.24, 2.45) is 0 Å². The largest absolute Gasteiger partial charge is 0.506 e. The maximum Gasteiger partial charge on any atom is 0.340 e. The van der Waals surface area contributed by atoms with Gasteiger partial charge in [0, 0.05) is 40.5 Å². The fourth-order valence-corrected chi connectivity index (χ4v) is 4.95. The zero-order valence-electron chi connectivity index (χ0n) is 19.1. The van der Waals surface area contributed by atoms with Gasteiger partial charge in [0.25, 0.3) is 0 Å². The number of fused-ring (bicyclic) bond motifs is 4. The van der Waals surface area contributed by atoms with E-state index in [0.29, 0.717) is 22.6 Å². The smallest absolute Gasteiger partial charge is 0.340 e. The molecule has 0 radical (unpaired) electrons. The van der Waals surface area contributed by atoms with Crippen molar-refractivity contribution in [2.75, 3.05) is 20.8 Å². The highest BCUT2D eigenvalue weighted by molar-refractivity contribution is 6.10. The molecule has 1 aliphatic rings. The topological polar surface area (TPSA) is 85.7 Å². The van der Waals surface area contributed by atoms with Crippen molar-refractivity contribution in [3.05, 3.63) is 53.3 Å². The number of ether oxygens (including phenoxy) is 3. The number of phenolic OH excluding ortho intramolecular Hbond substituents is 1. The lowest BCUT2D eigenvalue weighted by molar-refractivity contribution is 0.0528. The van der Waals surface area contributed by atoms with E-state index in [1.807, 2.05) is 31.3 Å². The molecule has 5 rings (SSSR count). The summed E-state index contributed by atoms with van der Waals surface area (Å²) in [7, 11) is 3.22. The van der Waals surface area contributed by atoms with Gasteiger partial charge in [-0.1, -0.05) is 12.1 Å². The zero-order valence-corrected chi connectivity index (χ0v) is 19.1. The zero-order chi connectivity index (χ0) is 23.3. The second-order valence-corrected chi connectivity index (χ2v) is 8.07. The number of rotatable bonds is 5. The fourth-order valence-electron chi connectivity index (χ4n) is 4.95. The molecular formula is C26H26N2O5. The lowest BCUT2D eigenvalue weighted by Crippen LogP contribution is -2.15. The Morgan fingerprint density at radius 3 is 2.64 bits per heavy atom. The third-order valence-corrected chi connectivity index (χ3v) is 6.44. The highest BCUT2D eigenvalue weighted by Crippen LogP contribution is 2.46. The van der Waals surface area contributed by atoms with Gasteiger partial charge < -0.3 is 28.9 Å². The van der Waals surface area contributed by atoms with Crippen LogP contribution in [0.25, 0.3) is 33.3 Å². The van der Waals surface area contributed by atoms with Crippen LogP contribution >= 0.6 is 0 Å². The quantitative estimate of drug-likeness (QED) is 0.418. The van der Waals surface area contributed by atoms with Crippen molar-refractivity contribution in [3.8, 4) is 39.6 Å². The highest BCUT2D eigenvalue weighted by Gasteiger charge is 2.33. The molecule has 3 heterocycles. The number of aryl methyl sites for hydroxylation is 1. The van der Waals surface area contributed by atoms with E-state index < -0.39 is 0 Å². The second kappa shape index (κ2) is 7.92. The van der Waals surface area contributed by atoms with Gasteiger partial charge in [-0.15, -0.1) is 0 Å². The first kappa shape index (κ1) is 21.0. The monoisotopic (exact) mass is 446 g/mol. The van der Waals surface area contributed by atoms with Crippen molar-refractivity contribution in [1.82, 2.24) is 9.55 Å². The molecule has 33 heavy (non-hydrogen) atoms. The molecule has 0 fully saturated rings. The Balaban J connectivity index is 1.85. The molecule has 7 nitrogen and oxygen atoms in total. The molecule has 1 aliphatic heterocycles. The summed E-state index contributed by atoms with van der Waals surface area (Å²) in [6, 6.07) is 9.30. The van der Waals surface area contributed by atoms with Gasteiger partial charge in [-0.3, -0.25) is 0 Å². The predicted octanol–water partition coefficient (Wildman–Crippen LogP) is 5.07. The Morgan fingerprint density at radius 2 is 1.91 bits per heavy atom. The van der Waals surface area contributed by atoms with E-state index in [-0.39, 0.29) is 18.3 Å². The number of hydrogen-bond donors (Lipinski definition) is 2. The maximum absolute atomic E-state index is 13.4. The molecule has 2 aromatic heterocycles. The Labute approximate surface area is 191 Å². The summed E-state index contributed by atoms with van der Waals surface area (Å²) in [4.78, 5) is 16.6. The molecule has 7 heteroatoms. The Morgan fingerprint density at radius 1 is 1.15 bits per heavy atom. The Kier molecular flexibility index (Phi) is 5.04. The van der Waals surface area contributed by atoms with E-state index in [0.717, 1.165) is 52.0 Å². The summed E-state index contributed by atoms with van der Waals surface area (Å²) in [5.74, 6) is 1.07. The molecule has 0 unspecified atom stereocenters. The fraction of sp³-hybridized carbons (Fsp3) is 0.269. The minimum Gasteiger partial charge on any atom is -0.506 e. The van der Waals surface area contributed by atoms with Crippen LogP contribution in [0.2, 0.25) is 0 Å². The first-order valence-electron chi connectivity index (χ1n) is 10.9. The van der Waals surface area contributed by atoms with Gasteiger partial charge in [-0.05, 0) is 44.0 Å². The van der Waals surface area contributed by atoms with E-state index in [1.54, 1.807) is 33.3 Å². The Hall–Kier alpha value is -3.87. The van der Waals surface area contributed by atoms with Crippen LogP contribution in [0.4, 0.5) is 0 Å². The molecule has 0 aliphatic carbocycles. The van der Waals surface area contributed by atoms with E-state index in [2.05, 4.69) is 9.55 Å². The summed E-state index contributed by atoms with van der Waals surface area (Å²) in [5, 5.41) is 11.2. The van der Waals surface area contributed by atoms with Gasteiger partial charge in [0.05, 0.1) is 37.6 Å². The first-order valence-corrected chi connectivity index (χ1v) is 10.9. The average molecular weight is 447 g/mol. The number of nitrogens with zero attached hydrogens (tertiary/aromatic N) is 1. The number of nitrogens with one attached hydrogen (secondary N) is 1. The van der Waals surface area contributed by atoms with Crippen molar-refractivity contribution >= 4 is 16.9 Å². The summed E-state index contributed by atoms with van der Waals surface area (Å²) in [6.07, 6.45) is 2.64. The number of esters is 1. The van der Waals surface area contributed by atoms with Crippen LogP contribution in [0, 0.1) is 6.92 Å². The third-order valence-electron chi connectivity index (χ3n) is 6.44. The van der Waals surface area contributed by atoms with Crippen LogP contribution in [0.3, 0.4) is 0 Å². The number of hydrogen-bond acceptors (Lipinski definition) is 5. The van der Waals surface area contributed by atoms with Crippen LogP contribution in [-0.4, -0.2) is 41.5 Å². The molecule has 2 aromatic carbocycles. The summed E-state index contributed by atoms with van der Waals surface area (Å²) in [6.45, 7) is 4.83. The number of carbonyl (C=O) groups excluding carboxylic acids is 1. The van der Waals surface area contributed by atoms with Gasteiger partial charge in [0.15, 0.2) is 11.5 Å². The van der Waals surface area contributed by atoms with Crippen LogP contribution in [-0.2, 0) is 17.7 Å². The van der Waals surface area contributed by atoms with E-state index >= 15 is 0 Å². The molecule has 0 atom stereocenters. The number of H-pyrrole nitrogens is 1. The van der Waals surface area contributed by atoms with Gasteiger partial charge in [0.1, 0.15) is 5.75 Å². The summed E-state index contributed by atoms with van der Waals surface area (Å²) >= 11 is 0. The summed E-state index contributed by atoms with van der Waals surface area (Å²) < 4.78 is 18.8. The van der Waals surface area contributed by atoms with Crippen LogP contribution in [0.1, 0.15) is 28.5 Å². The van der Waals surface area contributed by atoms with E-state index in [1.165, 1.54) is 0 Å². The standard InChI is InChI=1S/C26H26N2O5/c1-5-33-26(30)23-22(18-13-27-24-16(18)7-6-8-19(24)29)14(2)28-10-9-15-11-20(31-3)21(32-4)12-17(15)25(23)28/h6-8,11-13,27,29H,5,9-10H2,1-4H3. The van der Waals surface area contributed by atoms with Crippen molar-refractivity contribution in [3.63, 3.8) is 0 Å². The van der Waals surface area contributed by atoms with Gasteiger partial charge >= 0.3 is 5.97 Å². The molecule has 170 valence electrons. The maximum atomic E-state index is 13.4. The molecule has 4 aromatic rings. The molecule has 0 amide bonds. The third kappa shape index (κ3) is 3.07. The molecule has 0 spiro atoms. The van der Waals surface area contributed by atoms with E-state index in [4.69, 9.17) is 14.2 Å². The summed E-state index contributed by atoms with van der Waals surface area (Å²) in [5.41, 5.74) is 6.62. The number of aromatic hydroxyl groups is 1. The lowest BCUT2D eigenvalue weighted by Gasteiger charge is -2.23. The number of methoxy groups -OCH3 is 2. The van der Waals surface area contributed by atoms with E-state index in [9.17, 15) is 9.90 Å². The minimum absolute atomic E-state index is 0.167. The van der Waals surface area contributed by atoms with Crippen molar-refractivity contribution in [1.29, 1.82) is 0 Å². The number of para-hydroxylation sites is 1.